The van der Waals surface area contributed by atoms with Crippen molar-refractivity contribution in [2.75, 3.05) is 13.1 Å². The average Bonchev–Trinajstić information content (AvgIpc) is 2.89. The summed E-state index contributed by atoms with van der Waals surface area (Å²) in [6, 6.07) is 7.65. The van der Waals surface area contributed by atoms with Crippen LogP contribution in [0.25, 0.3) is 0 Å². The van der Waals surface area contributed by atoms with E-state index in [1.165, 1.54) is 0 Å². The van der Waals surface area contributed by atoms with Gasteiger partial charge in [0.1, 0.15) is 0 Å². The van der Waals surface area contributed by atoms with Gasteiger partial charge in [-0.1, -0.05) is 37.1 Å². The van der Waals surface area contributed by atoms with Crippen LogP contribution in [0.2, 0.25) is 5.02 Å². The molecule has 2 unspecified atom stereocenters. The van der Waals surface area contributed by atoms with E-state index in [1.54, 1.807) is 0 Å². The second-order valence-corrected chi connectivity index (χ2v) is 6.14. The second-order valence-electron chi connectivity index (χ2n) is 5.71. The highest BCUT2D eigenvalue weighted by Crippen LogP contribution is 2.32. The van der Waals surface area contributed by atoms with Gasteiger partial charge in [-0.2, -0.15) is 0 Å². The Bertz CT molecular complexity index is 469. The molecular formula is C16H23ClN2O. The molecular weight excluding hydrogens is 272 g/mol. The first kappa shape index (κ1) is 15.3. The van der Waals surface area contributed by atoms with Gasteiger partial charge in [0.25, 0.3) is 0 Å². The van der Waals surface area contributed by atoms with Gasteiger partial charge in [-0.3, -0.25) is 4.79 Å². The van der Waals surface area contributed by atoms with Crippen molar-refractivity contribution in [3.8, 4) is 0 Å². The van der Waals surface area contributed by atoms with Crippen LogP contribution in [0.4, 0.5) is 0 Å². The number of benzene rings is 1. The first-order valence-electron chi connectivity index (χ1n) is 7.34. The molecule has 2 atom stereocenters. The maximum absolute atomic E-state index is 12.6. The Kier molecular flexibility index (Phi) is 5.06. The van der Waals surface area contributed by atoms with Gasteiger partial charge in [-0.15, -0.1) is 0 Å². The molecule has 1 aromatic carbocycles. The van der Waals surface area contributed by atoms with Gasteiger partial charge in [0, 0.05) is 11.6 Å². The lowest BCUT2D eigenvalue weighted by Crippen LogP contribution is -2.43. The first-order valence-corrected chi connectivity index (χ1v) is 7.72. The van der Waals surface area contributed by atoms with Crippen LogP contribution in [-0.2, 0) is 4.79 Å². The predicted molar refractivity (Wildman–Crippen MR) is 82.8 cm³/mol. The van der Waals surface area contributed by atoms with Crippen molar-refractivity contribution >= 4 is 17.5 Å². The summed E-state index contributed by atoms with van der Waals surface area (Å²) in [6.45, 7) is 5.85. The Morgan fingerprint density at radius 2 is 2.35 bits per heavy atom. The highest BCUT2D eigenvalue weighted by Gasteiger charge is 2.40. The zero-order valence-electron chi connectivity index (χ0n) is 12.2. The Labute approximate surface area is 126 Å². The van der Waals surface area contributed by atoms with Gasteiger partial charge in [0.05, 0.1) is 11.5 Å². The number of nitrogens with one attached hydrogen (secondary N) is 2. The van der Waals surface area contributed by atoms with Crippen LogP contribution in [0.1, 0.15) is 44.7 Å². The van der Waals surface area contributed by atoms with E-state index in [0.29, 0.717) is 5.02 Å². The topological polar surface area (TPSA) is 41.1 Å². The Hall–Kier alpha value is -1.06. The summed E-state index contributed by atoms with van der Waals surface area (Å²) in [7, 11) is 0. The maximum atomic E-state index is 12.6. The summed E-state index contributed by atoms with van der Waals surface area (Å²) in [4.78, 5) is 12.6. The molecule has 1 aromatic rings. The summed E-state index contributed by atoms with van der Waals surface area (Å²) in [5.74, 6) is 0.164. The van der Waals surface area contributed by atoms with Gasteiger partial charge < -0.3 is 10.6 Å². The van der Waals surface area contributed by atoms with Crippen molar-refractivity contribution in [3.05, 3.63) is 34.9 Å². The lowest BCUT2D eigenvalue weighted by Gasteiger charge is -2.28. The smallest absolute Gasteiger partial charge is 0.228 e. The lowest BCUT2D eigenvalue weighted by molar-refractivity contribution is -0.131. The molecule has 0 saturated carbocycles. The molecule has 2 rings (SSSR count). The first-order chi connectivity index (χ1) is 9.57. The van der Waals surface area contributed by atoms with Crippen molar-refractivity contribution < 1.29 is 4.79 Å². The van der Waals surface area contributed by atoms with Crippen LogP contribution in [0, 0.1) is 5.41 Å². The standard InChI is InChI=1S/C16H23ClN2O/c1-3-7-16(8-9-18-11-16)15(20)19-12(2)13-5-4-6-14(17)10-13/h4-6,10,12,18H,3,7-9,11H2,1-2H3,(H,19,20). The van der Waals surface area contributed by atoms with E-state index in [1.807, 2.05) is 31.2 Å². The van der Waals surface area contributed by atoms with Crippen molar-refractivity contribution in [3.63, 3.8) is 0 Å². The van der Waals surface area contributed by atoms with Crippen LogP contribution in [-0.4, -0.2) is 19.0 Å². The minimum atomic E-state index is -0.235. The molecule has 0 radical (unpaired) electrons. The van der Waals surface area contributed by atoms with Gasteiger partial charge in [-0.25, -0.2) is 0 Å². The number of hydrogen-bond donors (Lipinski definition) is 2. The molecule has 1 saturated heterocycles. The van der Waals surface area contributed by atoms with Crippen LogP contribution in [0.3, 0.4) is 0 Å². The molecule has 1 amide bonds. The molecule has 0 aromatic heterocycles. The van der Waals surface area contributed by atoms with E-state index < -0.39 is 0 Å². The van der Waals surface area contributed by atoms with Crippen molar-refractivity contribution in [2.24, 2.45) is 5.41 Å². The fraction of sp³-hybridized carbons (Fsp3) is 0.562. The summed E-state index contributed by atoms with van der Waals surface area (Å²) < 4.78 is 0. The van der Waals surface area contributed by atoms with E-state index in [4.69, 9.17) is 11.6 Å². The van der Waals surface area contributed by atoms with Crippen LogP contribution in [0.15, 0.2) is 24.3 Å². The molecule has 110 valence electrons. The third-order valence-electron chi connectivity index (χ3n) is 4.15. The fourth-order valence-electron chi connectivity index (χ4n) is 2.95. The van der Waals surface area contributed by atoms with E-state index in [-0.39, 0.29) is 17.4 Å². The van der Waals surface area contributed by atoms with E-state index >= 15 is 0 Å². The summed E-state index contributed by atoms with van der Waals surface area (Å²) in [5.41, 5.74) is 0.810. The molecule has 1 fully saturated rings. The van der Waals surface area contributed by atoms with Crippen molar-refractivity contribution in [1.82, 2.24) is 10.6 Å². The summed E-state index contributed by atoms with van der Waals surface area (Å²) >= 11 is 6.01. The number of hydrogen-bond acceptors (Lipinski definition) is 2. The molecule has 1 aliphatic heterocycles. The molecule has 0 spiro atoms. The molecule has 3 nitrogen and oxygen atoms in total. The van der Waals surface area contributed by atoms with Gasteiger partial charge in [-0.05, 0) is 44.0 Å². The Morgan fingerprint density at radius 1 is 1.55 bits per heavy atom. The SMILES string of the molecule is CCCC1(C(=O)NC(C)c2cccc(Cl)c2)CCNC1. The third kappa shape index (κ3) is 3.33. The van der Waals surface area contributed by atoms with E-state index in [9.17, 15) is 4.79 Å². The van der Waals surface area contributed by atoms with E-state index in [0.717, 1.165) is 37.9 Å². The van der Waals surface area contributed by atoms with Crippen LogP contribution in [0.5, 0.6) is 0 Å². The summed E-state index contributed by atoms with van der Waals surface area (Å²) in [6.07, 6.45) is 2.89. The minimum Gasteiger partial charge on any atom is -0.349 e. The Balaban J connectivity index is 2.06. The lowest BCUT2D eigenvalue weighted by atomic mass is 9.81. The van der Waals surface area contributed by atoms with Gasteiger partial charge in [0.2, 0.25) is 5.91 Å². The maximum Gasteiger partial charge on any atom is 0.228 e. The second kappa shape index (κ2) is 6.59. The number of halogens is 1. The van der Waals surface area contributed by atoms with E-state index in [2.05, 4.69) is 17.6 Å². The fourth-order valence-corrected chi connectivity index (χ4v) is 3.15. The largest absolute Gasteiger partial charge is 0.349 e. The number of carbonyl (C=O) groups is 1. The van der Waals surface area contributed by atoms with Gasteiger partial charge in [0.15, 0.2) is 0 Å². The highest BCUT2D eigenvalue weighted by atomic mass is 35.5. The minimum absolute atomic E-state index is 0.0180. The predicted octanol–water partition coefficient (Wildman–Crippen LogP) is 3.30. The molecule has 0 aliphatic carbocycles. The quantitative estimate of drug-likeness (QED) is 0.875. The highest BCUT2D eigenvalue weighted by molar-refractivity contribution is 6.30. The molecule has 1 aliphatic rings. The van der Waals surface area contributed by atoms with Crippen LogP contribution >= 0.6 is 11.6 Å². The molecule has 1 heterocycles. The molecule has 2 N–H and O–H groups in total. The zero-order valence-corrected chi connectivity index (χ0v) is 13.0. The van der Waals surface area contributed by atoms with Crippen molar-refractivity contribution in [1.29, 1.82) is 0 Å². The number of carbonyl (C=O) groups excluding carboxylic acids is 1. The number of rotatable bonds is 5. The van der Waals surface area contributed by atoms with Crippen molar-refractivity contribution in [2.45, 2.75) is 39.2 Å². The molecule has 0 bridgehead atoms. The zero-order chi connectivity index (χ0) is 14.6. The summed E-state index contributed by atoms with van der Waals surface area (Å²) in [5, 5.41) is 7.18. The average molecular weight is 295 g/mol. The number of amides is 1. The van der Waals surface area contributed by atoms with Crippen LogP contribution < -0.4 is 10.6 Å². The molecule has 4 heteroatoms. The Morgan fingerprint density at radius 3 is 2.95 bits per heavy atom. The monoisotopic (exact) mass is 294 g/mol. The molecule has 20 heavy (non-hydrogen) atoms. The normalized spacial score (nSPS) is 23.6. The third-order valence-corrected chi connectivity index (χ3v) is 4.39. The van der Waals surface area contributed by atoms with Gasteiger partial charge >= 0.3 is 0 Å².